The second kappa shape index (κ2) is 5.77. The van der Waals surface area contributed by atoms with Crippen LogP contribution in [0.25, 0.3) is 0 Å². The molecule has 2 aliphatic rings. The Morgan fingerprint density at radius 1 is 1.05 bits per heavy atom. The van der Waals surface area contributed by atoms with Crippen LogP contribution < -0.4 is 4.90 Å². The Labute approximate surface area is 143 Å². The number of hydrogen-bond acceptors (Lipinski definition) is 3. The zero-order valence-electron chi connectivity index (χ0n) is 11.4. The number of benzene rings is 1. The van der Waals surface area contributed by atoms with E-state index >= 15 is 0 Å². The molecule has 1 N–H and O–H groups in total. The molecule has 4 atom stereocenters. The minimum Gasteiger partial charge on any atom is -0.478 e. The van der Waals surface area contributed by atoms with Gasteiger partial charge in [-0.15, -0.1) is 0 Å². The Hall–Kier alpha value is -1.21. The van der Waals surface area contributed by atoms with Crippen molar-refractivity contribution in [1.29, 1.82) is 0 Å². The minimum absolute atomic E-state index is 0.0337. The van der Waals surface area contributed by atoms with Crippen molar-refractivity contribution < 1.29 is 19.5 Å². The van der Waals surface area contributed by atoms with Crippen molar-refractivity contribution in [2.24, 2.45) is 11.8 Å². The van der Waals surface area contributed by atoms with E-state index < -0.39 is 5.97 Å². The van der Waals surface area contributed by atoms with E-state index in [-0.39, 0.29) is 44.6 Å². The number of halogens is 2. The number of carbonyl (C=O) groups is 3. The van der Waals surface area contributed by atoms with Gasteiger partial charge in [-0.1, -0.05) is 44.0 Å². The summed E-state index contributed by atoms with van der Waals surface area (Å²) >= 11 is 7.06. The third-order valence-electron chi connectivity index (χ3n) is 4.29. The topological polar surface area (TPSA) is 74.7 Å². The summed E-state index contributed by atoms with van der Waals surface area (Å²) < 4.78 is 0. The van der Waals surface area contributed by atoms with Crippen LogP contribution >= 0.6 is 31.9 Å². The molecular formula is C15H13Br2NO4. The molecule has 7 heteroatoms. The van der Waals surface area contributed by atoms with Crippen molar-refractivity contribution in [3.05, 3.63) is 29.8 Å². The van der Waals surface area contributed by atoms with E-state index in [9.17, 15) is 19.5 Å². The number of imide groups is 1. The Morgan fingerprint density at radius 3 is 2.05 bits per heavy atom. The number of hydrogen-bond donors (Lipinski definition) is 1. The van der Waals surface area contributed by atoms with E-state index in [1.54, 1.807) is 12.1 Å². The Kier molecular flexibility index (Phi) is 4.11. The number of para-hydroxylation sites is 1. The molecule has 0 bridgehead atoms. The third kappa shape index (κ3) is 2.40. The molecule has 0 radical (unpaired) electrons. The maximum absolute atomic E-state index is 12.7. The molecule has 1 heterocycles. The van der Waals surface area contributed by atoms with Crippen molar-refractivity contribution in [2.45, 2.75) is 22.5 Å². The molecule has 1 saturated carbocycles. The van der Waals surface area contributed by atoms with E-state index in [0.29, 0.717) is 12.8 Å². The van der Waals surface area contributed by atoms with Crippen LogP contribution in [0.3, 0.4) is 0 Å². The first-order chi connectivity index (χ1) is 10.4. The number of carboxylic acid groups (broad SMARTS) is 1. The predicted octanol–water partition coefficient (Wildman–Crippen LogP) is 2.81. The summed E-state index contributed by atoms with van der Waals surface area (Å²) in [4.78, 5) is 38.0. The highest BCUT2D eigenvalue weighted by Gasteiger charge is 2.52. The molecule has 2 amide bonds. The van der Waals surface area contributed by atoms with Gasteiger partial charge in [-0.05, 0) is 25.0 Å². The van der Waals surface area contributed by atoms with Gasteiger partial charge >= 0.3 is 5.97 Å². The van der Waals surface area contributed by atoms with Crippen LogP contribution in [0, 0.1) is 11.8 Å². The molecule has 1 aliphatic carbocycles. The Bertz CT molecular complexity index is 635. The second-order valence-corrected chi connectivity index (χ2v) is 7.90. The number of anilines is 1. The molecule has 5 nitrogen and oxygen atoms in total. The number of carbonyl (C=O) groups excluding carboxylic acids is 2. The van der Waals surface area contributed by atoms with Gasteiger partial charge in [-0.25, -0.2) is 9.69 Å². The van der Waals surface area contributed by atoms with Gasteiger partial charge in [-0.3, -0.25) is 9.59 Å². The van der Waals surface area contributed by atoms with Crippen LogP contribution in [0.15, 0.2) is 24.3 Å². The molecule has 0 aromatic heterocycles. The molecule has 1 aromatic rings. The molecule has 1 aromatic carbocycles. The summed E-state index contributed by atoms with van der Waals surface area (Å²) in [5.41, 5.74) is 0.130. The van der Waals surface area contributed by atoms with Crippen molar-refractivity contribution >= 4 is 55.3 Å². The van der Waals surface area contributed by atoms with Crippen molar-refractivity contribution in [3.63, 3.8) is 0 Å². The lowest BCUT2D eigenvalue weighted by Crippen LogP contribution is -2.34. The molecule has 1 aliphatic heterocycles. The monoisotopic (exact) mass is 429 g/mol. The average Bonchev–Trinajstić information content (AvgIpc) is 2.71. The van der Waals surface area contributed by atoms with Gasteiger partial charge in [0, 0.05) is 9.65 Å². The summed E-state index contributed by atoms with van der Waals surface area (Å²) in [6.45, 7) is 0. The number of carboxylic acids is 1. The molecule has 2 fully saturated rings. The second-order valence-electron chi connectivity index (χ2n) is 5.55. The van der Waals surface area contributed by atoms with Crippen molar-refractivity contribution in [3.8, 4) is 0 Å². The van der Waals surface area contributed by atoms with Crippen LogP contribution in [0.4, 0.5) is 5.69 Å². The van der Waals surface area contributed by atoms with Crippen molar-refractivity contribution in [2.75, 3.05) is 4.90 Å². The summed E-state index contributed by atoms with van der Waals surface area (Å²) in [6.07, 6.45) is 1.13. The lowest BCUT2D eigenvalue weighted by molar-refractivity contribution is -0.122. The maximum Gasteiger partial charge on any atom is 0.337 e. The molecular weight excluding hydrogens is 418 g/mol. The fraction of sp³-hybridized carbons (Fsp3) is 0.400. The predicted molar refractivity (Wildman–Crippen MR) is 87.5 cm³/mol. The van der Waals surface area contributed by atoms with E-state index in [1.165, 1.54) is 12.1 Å². The lowest BCUT2D eigenvalue weighted by atomic mass is 9.81. The zero-order valence-corrected chi connectivity index (χ0v) is 14.6. The van der Waals surface area contributed by atoms with Gasteiger partial charge in [0.15, 0.2) is 0 Å². The molecule has 0 unspecified atom stereocenters. The SMILES string of the molecule is O=C(O)c1ccccc1N1C(=O)[C@H]2C[C@H](Br)[C@@H](Br)C[C@H]2C1=O. The number of aromatic carboxylic acids is 1. The highest BCUT2D eigenvalue weighted by molar-refractivity contribution is 9.12. The molecule has 3 rings (SSSR count). The molecule has 116 valence electrons. The summed E-state index contributed by atoms with van der Waals surface area (Å²) in [5.74, 6) is -2.51. The first-order valence-electron chi connectivity index (χ1n) is 6.90. The molecule has 1 saturated heterocycles. The standard InChI is InChI=1S/C15H13Br2NO4/c16-10-5-8-9(6-11(10)17)14(20)18(13(8)19)12-4-2-1-3-7(12)15(21)22/h1-4,8-11H,5-6H2,(H,21,22)/t8-,9+,10-,11-/m0/s1. The number of amides is 2. The summed E-state index contributed by atoms with van der Waals surface area (Å²) in [7, 11) is 0. The Balaban J connectivity index is 2.01. The summed E-state index contributed by atoms with van der Waals surface area (Å²) in [6, 6.07) is 6.12. The van der Waals surface area contributed by atoms with Gasteiger partial charge in [0.2, 0.25) is 11.8 Å². The third-order valence-corrected chi connectivity index (χ3v) is 7.02. The number of rotatable bonds is 2. The Morgan fingerprint density at radius 2 is 1.55 bits per heavy atom. The summed E-state index contributed by atoms with van der Waals surface area (Å²) in [5, 5.41) is 9.28. The van der Waals surface area contributed by atoms with E-state index in [2.05, 4.69) is 31.9 Å². The highest BCUT2D eigenvalue weighted by Crippen LogP contribution is 2.44. The quantitative estimate of drug-likeness (QED) is 0.578. The highest BCUT2D eigenvalue weighted by atomic mass is 79.9. The van der Waals surface area contributed by atoms with Crippen LogP contribution in [-0.2, 0) is 9.59 Å². The van der Waals surface area contributed by atoms with Crippen molar-refractivity contribution in [1.82, 2.24) is 0 Å². The first-order valence-corrected chi connectivity index (χ1v) is 8.73. The van der Waals surface area contributed by atoms with Crippen LogP contribution in [0.1, 0.15) is 23.2 Å². The van der Waals surface area contributed by atoms with E-state index in [4.69, 9.17) is 0 Å². The van der Waals surface area contributed by atoms with Gasteiger partial charge in [0.25, 0.3) is 0 Å². The van der Waals surface area contributed by atoms with Gasteiger partial charge < -0.3 is 5.11 Å². The number of alkyl halides is 2. The average molecular weight is 431 g/mol. The normalized spacial score (nSPS) is 31.3. The van der Waals surface area contributed by atoms with E-state index in [0.717, 1.165) is 4.90 Å². The smallest absolute Gasteiger partial charge is 0.337 e. The van der Waals surface area contributed by atoms with Crippen LogP contribution in [0.5, 0.6) is 0 Å². The lowest BCUT2D eigenvalue weighted by Gasteiger charge is -2.29. The number of fused-ring (bicyclic) bond motifs is 1. The fourth-order valence-electron chi connectivity index (χ4n) is 3.18. The largest absolute Gasteiger partial charge is 0.478 e. The number of nitrogens with zero attached hydrogens (tertiary/aromatic N) is 1. The zero-order chi connectivity index (χ0) is 16.0. The molecule has 22 heavy (non-hydrogen) atoms. The fourth-order valence-corrected chi connectivity index (χ4v) is 4.42. The van der Waals surface area contributed by atoms with E-state index in [1.807, 2.05) is 0 Å². The van der Waals surface area contributed by atoms with Gasteiger partial charge in [-0.2, -0.15) is 0 Å². The molecule has 0 spiro atoms. The van der Waals surface area contributed by atoms with Gasteiger partial charge in [0.1, 0.15) is 0 Å². The van der Waals surface area contributed by atoms with Crippen LogP contribution in [-0.4, -0.2) is 32.5 Å². The minimum atomic E-state index is -1.15. The van der Waals surface area contributed by atoms with Crippen LogP contribution in [0.2, 0.25) is 0 Å². The maximum atomic E-state index is 12.7. The van der Waals surface area contributed by atoms with Gasteiger partial charge in [0.05, 0.1) is 23.1 Å². The first kappa shape index (κ1) is 15.7.